The number of nitrogens with zero attached hydrogens (tertiary/aromatic N) is 1. The van der Waals surface area contributed by atoms with Crippen LogP contribution in [0.15, 0.2) is 48.5 Å². The highest BCUT2D eigenvalue weighted by atomic mass is 16.5. The maximum atomic E-state index is 12.6. The summed E-state index contributed by atoms with van der Waals surface area (Å²) in [6.45, 7) is 14.1. The lowest BCUT2D eigenvalue weighted by Crippen LogP contribution is -2.44. The van der Waals surface area contributed by atoms with Crippen molar-refractivity contribution in [2.75, 3.05) is 19.7 Å². The van der Waals surface area contributed by atoms with Crippen LogP contribution in [0.2, 0.25) is 0 Å². The van der Waals surface area contributed by atoms with Crippen LogP contribution in [-0.4, -0.2) is 48.6 Å². The van der Waals surface area contributed by atoms with Crippen molar-refractivity contribution in [3.05, 3.63) is 70.8 Å². The molecule has 0 radical (unpaired) electrons. The number of carbonyl (C=O) groups is 2. The number of carbonyl (C=O) groups excluding carboxylic acids is 2. The Bertz CT molecular complexity index is 950. The molecule has 0 aliphatic carbocycles. The monoisotopic (exact) mass is 451 g/mol. The van der Waals surface area contributed by atoms with Crippen LogP contribution >= 0.6 is 0 Å². The first-order valence-corrected chi connectivity index (χ1v) is 11.7. The lowest BCUT2D eigenvalue weighted by Gasteiger charge is -2.31. The van der Waals surface area contributed by atoms with Gasteiger partial charge in [-0.15, -0.1) is 0 Å². The van der Waals surface area contributed by atoms with E-state index in [1.54, 1.807) is 19.1 Å². The molecule has 2 aromatic rings. The lowest BCUT2D eigenvalue weighted by atomic mass is 9.86. The summed E-state index contributed by atoms with van der Waals surface area (Å²) in [7, 11) is 0. The van der Waals surface area contributed by atoms with E-state index in [0.29, 0.717) is 12.1 Å². The molecule has 2 amide bonds. The summed E-state index contributed by atoms with van der Waals surface area (Å²) in [6.07, 6.45) is 0.259. The molecule has 1 saturated heterocycles. The summed E-state index contributed by atoms with van der Waals surface area (Å²) in [5.74, 6) is -0.457. The normalized spacial score (nSPS) is 17.9. The van der Waals surface area contributed by atoms with Crippen molar-refractivity contribution in [3.63, 3.8) is 0 Å². The van der Waals surface area contributed by atoms with Gasteiger partial charge in [0.25, 0.3) is 5.91 Å². The van der Waals surface area contributed by atoms with Crippen LogP contribution in [0.4, 0.5) is 0 Å². The molecule has 2 aromatic carbocycles. The SMILES string of the molecule is CC1CN(Cc2cccc(CNC(=O)C(C)NC(=O)c3ccc(C(C)(C)C)cc3)c2)CCO1. The molecule has 0 spiro atoms. The molecule has 1 aliphatic rings. The summed E-state index contributed by atoms with van der Waals surface area (Å²) in [5, 5.41) is 5.73. The topological polar surface area (TPSA) is 70.7 Å². The van der Waals surface area contributed by atoms with E-state index in [-0.39, 0.29) is 23.3 Å². The molecule has 1 fully saturated rings. The van der Waals surface area contributed by atoms with E-state index >= 15 is 0 Å². The van der Waals surface area contributed by atoms with Crippen molar-refractivity contribution in [1.29, 1.82) is 0 Å². The molecule has 1 aliphatic heterocycles. The zero-order valence-electron chi connectivity index (χ0n) is 20.5. The fourth-order valence-electron chi connectivity index (χ4n) is 3.94. The Morgan fingerprint density at radius 1 is 1.12 bits per heavy atom. The second-order valence-corrected chi connectivity index (χ2v) is 9.98. The number of hydrogen-bond donors (Lipinski definition) is 2. The molecule has 0 saturated carbocycles. The van der Waals surface area contributed by atoms with Crippen LogP contribution in [0.25, 0.3) is 0 Å². The Morgan fingerprint density at radius 3 is 2.48 bits per heavy atom. The second-order valence-electron chi connectivity index (χ2n) is 9.98. The molecule has 33 heavy (non-hydrogen) atoms. The van der Waals surface area contributed by atoms with Gasteiger partial charge in [0.05, 0.1) is 12.7 Å². The molecule has 2 N–H and O–H groups in total. The molecule has 0 bridgehead atoms. The molecule has 6 heteroatoms. The number of nitrogens with one attached hydrogen (secondary N) is 2. The van der Waals surface area contributed by atoms with Gasteiger partial charge in [0, 0.05) is 31.7 Å². The van der Waals surface area contributed by atoms with Crippen LogP contribution in [0.5, 0.6) is 0 Å². The van der Waals surface area contributed by atoms with E-state index in [2.05, 4.69) is 55.4 Å². The van der Waals surface area contributed by atoms with Crippen LogP contribution in [-0.2, 0) is 28.0 Å². The summed E-state index contributed by atoms with van der Waals surface area (Å²) in [6, 6.07) is 15.2. The zero-order valence-corrected chi connectivity index (χ0v) is 20.5. The van der Waals surface area contributed by atoms with Gasteiger partial charge in [-0.05, 0) is 48.1 Å². The minimum absolute atomic E-state index is 0.0279. The summed E-state index contributed by atoms with van der Waals surface area (Å²) < 4.78 is 5.61. The third kappa shape index (κ3) is 7.41. The number of hydrogen-bond acceptors (Lipinski definition) is 4. The maximum absolute atomic E-state index is 12.6. The van der Waals surface area contributed by atoms with Crippen LogP contribution < -0.4 is 10.6 Å². The lowest BCUT2D eigenvalue weighted by molar-refractivity contribution is -0.122. The van der Waals surface area contributed by atoms with Gasteiger partial charge in [-0.25, -0.2) is 0 Å². The van der Waals surface area contributed by atoms with E-state index in [9.17, 15) is 9.59 Å². The standard InChI is InChI=1S/C27H37N3O3/c1-19-17-30(13-14-33-19)18-22-8-6-7-21(15-22)16-28-25(31)20(2)29-26(32)23-9-11-24(12-10-23)27(3,4)5/h6-12,15,19-20H,13-14,16-18H2,1-5H3,(H,28,31)(H,29,32). The Morgan fingerprint density at radius 2 is 1.82 bits per heavy atom. The first-order valence-electron chi connectivity index (χ1n) is 11.7. The number of ether oxygens (including phenoxy) is 1. The molecule has 0 aromatic heterocycles. The van der Waals surface area contributed by atoms with Gasteiger partial charge < -0.3 is 15.4 Å². The highest BCUT2D eigenvalue weighted by Gasteiger charge is 2.19. The fraction of sp³-hybridized carbons (Fsp3) is 0.481. The van der Waals surface area contributed by atoms with Crippen molar-refractivity contribution in [3.8, 4) is 0 Å². The van der Waals surface area contributed by atoms with E-state index in [0.717, 1.165) is 37.4 Å². The summed E-state index contributed by atoms with van der Waals surface area (Å²) in [5.41, 5.74) is 4.00. The first-order chi connectivity index (χ1) is 15.6. The molecule has 3 rings (SSSR count). The predicted octanol–water partition coefficient (Wildman–Crippen LogP) is 3.64. The Kier molecular flexibility index (Phi) is 8.27. The average molecular weight is 452 g/mol. The minimum atomic E-state index is -0.627. The van der Waals surface area contributed by atoms with Gasteiger partial charge in [-0.3, -0.25) is 14.5 Å². The van der Waals surface area contributed by atoms with E-state index < -0.39 is 6.04 Å². The van der Waals surface area contributed by atoms with E-state index in [1.165, 1.54) is 5.56 Å². The average Bonchev–Trinajstić information content (AvgIpc) is 2.77. The van der Waals surface area contributed by atoms with Crippen LogP contribution in [0, 0.1) is 0 Å². The van der Waals surface area contributed by atoms with Crippen molar-refractivity contribution < 1.29 is 14.3 Å². The third-order valence-electron chi connectivity index (χ3n) is 5.94. The van der Waals surface area contributed by atoms with Gasteiger partial charge in [-0.1, -0.05) is 57.2 Å². The maximum Gasteiger partial charge on any atom is 0.251 e. The number of benzene rings is 2. The highest BCUT2D eigenvalue weighted by Crippen LogP contribution is 2.22. The quantitative estimate of drug-likeness (QED) is 0.674. The smallest absolute Gasteiger partial charge is 0.251 e. The molecule has 1 heterocycles. The predicted molar refractivity (Wildman–Crippen MR) is 131 cm³/mol. The number of morpholine rings is 1. The van der Waals surface area contributed by atoms with Gasteiger partial charge in [0.15, 0.2) is 0 Å². The molecule has 2 atom stereocenters. The van der Waals surface area contributed by atoms with Gasteiger partial charge in [0.1, 0.15) is 6.04 Å². The van der Waals surface area contributed by atoms with Crippen molar-refractivity contribution >= 4 is 11.8 Å². The molecular weight excluding hydrogens is 414 g/mol. The van der Waals surface area contributed by atoms with Crippen LogP contribution in [0.1, 0.15) is 61.7 Å². The largest absolute Gasteiger partial charge is 0.376 e. The van der Waals surface area contributed by atoms with Crippen LogP contribution in [0.3, 0.4) is 0 Å². The van der Waals surface area contributed by atoms with Crippen molar-refractivity contribution in [2.24, 2.45) is 0 Å². The molecule has 178 valence electrons. The number of rotatable bonds is 7. The fourth-order valence-corrected chi connectivity index (χ4v) is 3.94. The van der Waals surface area contributed by atoms with E-state index in [1.807, 2.05) is 24.3 Å². The Labute approximate surface area is 197 Å². The Hall–Kier alpha value is -2.70. The van der Waals surface area contributed by atoms with Gasteiger partial charge >= 0.3 is 0 Å². The van der Waals surface area contributed by atoms with Gasteiger partial charge in [-0.2, -0.15) is 0 Å². The number of amides is 2. The van der Waals surface area contributed by atoms with Crippen molar-refractivity contribution in [1.82, 2.24) is 15.5 Å². The highest BCUT2D eigenvalue weighted by molar-refractivity contribution is 5.97. The summed E-state index contributed by atoms with van der Waals surface area (Å²) in [4.78, 5) is 27.5. The minimum Gasteiger partial charge on any atom is -0.376 e. The molecule has 6 nitrogen and oxygen atoms in total. The molecule has 2 unspecified atom stereocenters. The zero-order chi connectivity index (χ0) is 24.0. The second kappa shape index (κ2) is 10.9. The first kappa shape index (κ1) is 24.9. The van der Waals surface area contributed by atoms with Crippen molar-refractivity contribution in [2.45, 2.75) is 65.3 Å². The summed E-state index contributed by atoms with van der Waals surface area (Å²) >= 11 is 0. The molecular formula is C27H37N3O3. The third-order valence-corrected chi connectivity index (χ3v) is 5.94. The van der Waals surface area contributed by atoms with Gasteiger partial charge in [0.2, 0.25) is 5.91 Å². The Balaban J connectivity index is 1.49. The van der Waals surface area contributed by atoms with E-state index in [4.69, 9.17) is 4.74 Å².